The van der Waals surface area contributed by atoms with Crippen LogP contribution in [0.25, 0.3) is 11.1 Å². The van der Waals surface area contributed by atoms with E-state index in [0.717, 1.165) is 24.8 Å². The van der Waals surface area contributed by atoms with Crippen LogP contribution in [0.2, 0.25) is 0 Å². The summed E-state index contributed by atoms with van der Waals surface area (Å²) in [6.45, 7) is 4.57. The molecule has 1 aliphatic rings. The maximum Gasteiger partial charge on any atom is 0.167 e. The molecular formula is C26H33F3O. The van der Waals surface area contributed by atoms with Crippen LogP contribution >= 0.6 is 0 Å². The van der Waals surface area contributed by atoms with E-state index in [1.54, 1.807) is 13.0 Å². The zero-order chi connectivity index (χ0) is 21.5. The van der Waals surface area contributed by atoms with Gasteiger partial charge in [-0.1, -0.05) is 70.2 Å². The molecule has 1 nitrogen and oxygen atoms in total. The van der Waals surface area contributed by atoms with E-state index in [9.17, 15) is 13.2 Å². The Morgan fingerprint density at radius 1 is 0.867 bits per heavy atom. The van der Waals surface area contributed by atoms with Gasteiger partial charge in [-0.15, -0.1) is 0 Å². The topological polar surface area (TPSA) is 9.23 Å². The Kier molecular flexibility index (Phi) is 8.38. The lowest BCUT2D eigenvalue weighted by atomic mass is 9.88. The summed E-state index contributed by atoms with van der Waals surface area (Å²) in [6.07, 6.45) is 10.1. The maximum atomic E-state index is 14.8. The molecule has 2 aromatic carbocycles. The first-order chi connectivity index (χ1) is 14.5. The molecule has 0 saturated carbocycles. The largest absolute Gasteiger partial charge is 0.378 e. The predicted octanol–water partition coefficient (Wildman–Crippen LogP) is 7.96. The third-order valence-corrected chi connectivity index (χ3v) is 6.30. The van der Waals surface area contributed by atoms with Gasteiger partial charge in [-0.25, -0.2) is 13.2 Å². The fourth-order valence-electron chi connectivity index (χ4n) is 4.35. The second-order valence-electron chi connectivity index (χ2n) is 8.43. The number of unbranched alkanes of at least 4 members (excludes halogenated alkanes) is 4. The smallest absolute Gasteiger partial charge is 0.167 e. The summed E-state index contributed by atoms with van der Waals surface area (Å²) in [4.78, 5) is 0. The molecule has 1 saturated heterocycles. The minimum atomic E-state index is -0.983. The average molecular weight is 419 g/mol. The molecule has 2 atom stereocenters. The summed E-state index contributed by atoms with van der Waals surface area (Å²) in [5.74, 6) is -2.24. The maximum absolute atomic E-state index is 14.8. The van der Waals surface area contributed by atoms with Gasteiger partial charge < -0.3 is 4.74 Å². The summed E-state index contributed by atoms with van der Waals surface area (Å²) < 4.78 is 49.4. The fraction of sp³-hybridized carbons (Fsp3) is 0.538. The molecule has 30 heavy (non-hydrogen) atoms. The second kappa shape index (κ2) is 11.0. The van der Waals surface area contributed by atoms with Crippen molar-refractivity contribution in [1.82, 2.24) is 0 Å². The zero-order valence-corrected chi connectivity index (χ0v) is 18.2. The monoisotopic (exact) mass is 418 g/mol. The van der Waals surface area contributed by atoms with Crippen molar-refractivity contribution in [1.29, 1.82) is 0 Å². The van der Waals surface area contributed by atoms with Gasteiger partial charge in [0.25, 0.3) is 0 Å². The van der Waals surface area contributed by atoms with Crippen LogP contribution in [0.5, 0.6) is 0 Å². The molecule has 0 bridgehead atoms. The first kappa shape index (κ1) is 22.9. The Morgan fingerprint density at radius 2 is 1.63 bits per heavy atom. The normalized spacial score (nSPS) is 19.2. The molecule has 1 heterocycles. The minimum absolute atomic E-state index is 0.0308. The highest BCUT2D eigenvalue weighted by molar-refractivity contribution is 5.66. The van der Waals surface area contributed by atoms with Crippen LogP contribution in [0.4, 0.5) is 13.2 Å². The summed E-state index contributed by atoms with van der Waals surface area (Å²) in [5, 5.41) is 0. The van der Waals surface area contributed by atoms with E-state index >= 15 is 0 Å². The molecule has 164 valence electrons. The van der Waals surface area contributed by atoms with Crippen molar-refractivity contribution >= 4 is 0 Å². The van der Waals surface area contributed by atoms with E-state index in [-0.39, 0.29) is 17.0 Å². The fourth-order valence-corrected chi connectivity index (χ4v) is 4.35. The molecule has 2 aromatic rings. The lowest BCUT2D eigenvalue weighted by Gasteiger charge is -2.29. The molecule has 3 rings (SSSR count). The van der Waals surface area contributed by atoms with Gasteiger partial charge in [0.2, 0.25) is 0 Å². The van der Waals surface area contributed by atoms with Gasteiger partial charge >= 0.3 is 0 Å². The second-order valence-corrected chi connectivity index (χ2v) is 8.43. The number of ether oxygens (including phenoxy) is 1. The molecule has 0 radical (unpaired) electrons. The van der Waals surface area contributed by atoms with Crippen LogP contribution in [0, 0.1) is 17.5 Å². The average Bonchev–Trinajstić information content (AvgIpc) is 2.76. The van der Waals surface area contributed by atoms with E-state index in [0.29, 0.717) is 24.7 Å². The van der Waals surface area contributed by atoms with E-state index in [2.05, 4.69) is 6.92 Å². The van der Waals surface area contributed by atoms with Gasteiger partial charge in [0.05, 0.1) is 12.7 Å². The molecular weight excluding hydrogens is 385 g/mol. The van der Waals surface area contributed by atoms with Gasteiger partial charge in [-0.3, -0.25) is 0 Å². The molecule has 0 N–H and O–H groups in total. The standard InChI is InChI=1S/C26H33F3O/c1-3-5-6-7-8-9-21-13-10-20(17-30-21)19-12-14-22(24(27)16-19)23-15-11-18(4-2)25(28)26(23)29/h11-12,14-16,20-21H,3-10,13,17H2,1-2H3. The SMILES string of the molecule is CCCCCCCC1CCC(c2ccc(-c3ccc(CC)c(F)c3F)c(F)c2)CO1. The number of hydrogen-bond donors (Lipinski definition) is 0. The Bertz CT molecular complexity index is 825. The quantitative estimate of drug-likeness (QED) is 0.375. The van der Waals surface area contributed by atoms with Crippen molar-refractivity contribution in [2.75, 3.05) is 6.61 Å². The lowest BCUT2D eigenvalue weighted by Crippen LogP contribution is -2.24. The summed E-state index contributed by atoms with van der Waals surface area (Å²) in [6, 6.07) is 7.83. The van der Waals surface area contributed by atoms with Crippen LogP contribution in [0.15, 0.2) is 30.3 Å². The molecule has 1 aliphatic heterocycles. The molecule has 0 spiro atoms. The highest BCUT2D eigenvalue weighted by atomic mass is 19.2. The Hall–Kier alpha value is -1.81. The highest BCUT2D eigenvalue weighted by Gasteiger charge is 2.24. The lowest BCUT2D eigenvalue weighted by molar-refractivity contribution is -0.00217. The van der Waals surface area contributed by atoms with Crippen LogP contribution in [0.3, 0.4) is 0 Å². The Morgan fingerprint density at radius 3 is 2.30 bits per heavy atom. The Labute approximate surface area is 178 Å². The summed E-state index contributed by atoms with van der Waals surface area (Å²) in [7, 11) is 0. The number of aryl methyl sites for hydroxylation is 1. The van der Waals surface area contributed by atoms with E-state index in [1.807, 2.05) is 6.07 Å². The number of halogens is 3. The van der Waals surface area contributed by atoms with Crippen molar-refractivity contribution in [2.45, 2.75) is 83.7 Å². The zero-order valence-electron chi connectivity index (χ0n) is 18.2. The Balaban J connectivity index is 1.61. The summed E-state index contributed by atoms with van der Waals surface area (Å²) in [5.41, 5.74) is 1.23. The van der Waals surface area contributed by atoms with E-state index < -0.39 is 17.5 Å². The summed E-state index contributed by atoms with van der Waals surface area (Å²) >= 11 is 0. The molecule has 0 amide bonds. The van der Waals surface area contributed by atoms with Crippen molar-refractivity contribution in [3.63, 3.8) is 0 Å². The molecule has 4 heteroatoms. The number of rotatable bonds is 9. The first-order valence-corrected chi connectivity index (χ1v) is 11.4. The number of hydrogen-bond acceptors (Lipinski definition) is 1. The van der Waals surface area contributed by atoms with Gasteiger partial charge in [0.15, 0.2) is 11.6 Å². The van der Waals surface area contributed by atoms with Crippen molar-refractivity contribution in [3.05, 3.63) is 58.9 Å². The predicted molar refractivity (Wildman–Crippen MR) is 116 cm³/mol. The highest BCUT2D eigenvalue weighted by Crippen LogP contribution is 2.34. The van der Waals surface area contributed by atoms with Gasteiger partial charge in [-0.2, -0.15) is 0 Å². The van der Waals surface area contributed by atoms with Crippen LogP contribution in [-0.4, -0.2) is 12.7 Å². The third-order valence-electron chi connectivity index (χ3n) is 6.30. The van der Waals surface area contributed by atoms with Crippen molar-refractivity contribution in [3.8, 4) is 11.1 Å². The first-order valence-electron chi connectivity index (χ1n) is 11.4. The van der Waals surface area contributed by atoms with Crippen molar-refractivity contribution < 1.29 is 17.9 Å². The van der Waals surface area contributed by atoms with Crippen LogP contribution in [0.1, 0.15) is 82.3 Å². The van der Waals surface area contributed by atoms with Gasteiger partial charge in [0.1, 0.15) is 5.82 Å². The van der Waals surface area contributed by atoms with Crippen molar-refractivity contribution in [2.24, 2.45) is 0 Å². The van der Waals surface area contributed by atoms with Crippen LogP contribution in [-0.2, 0) is 11.2 Å². The molecule has 0 aliphatic carbocycles. The number of benzene rings is 2. The van der Waals surface area contributed by atoms with E-state index in [1.165, 1.54) is 50.3 Å². The minimum Gasteiger partial charge on any atom is -0.378 e. The van der Waals surface area contributed by atoms with E-state index in [4.69, 9.17) is 4.74 Å². The third kappa shape index (κ3) is 5.46. The van der Waals surface area contributed by atoms with Crippen LogP contribution < -0.4 is 0 Å². The molecule has 2 unspecified atom stereocenters. The molecule has 1 fully saturated rings. The molecule has 0 aromatic heterocycles. The van der Waals surface area contributed by atoms with Gasteiger partial charge in [0, 0.05) is 17.0 Å². The van der Waals surface area contributed by atoms with Gasteiger partial charge in [-0.05, 0) is 42.9 Å².